The van der Waals surface area contributed by atoms with Crippen LogP contribution in [-0.4, -0.2) is 55.2 Å². The topological polar surface area (TPSA) is 103 Å². The Balaban J connectivity index is 3.55. The van der Waals surface area contributed by atoms with E-state index in [4.69, 9.17) is 10.9 Å². The van der Waals surface area contributed by atoms with Crippen LogP contribution in [0.1, 0.15) is 13.3 Å². The van der Waals surface area contributed by atoms with Crippen LogP contribution >= 0.6 is 0 Å². The zero-order valence-electron chi connectivity index (χ0n) is 10.0. The summed E-state index contributed by atoms with van der Waals surface area (Å²) >= 11 is 0. The molecule has 0 aromatic carbocycles. The van der Waals surface area contributed by atoms with Crippen LogP contribution in [0.15, 0.2) is 5.16 Å². The maximum Gasteiger partial charge on any atom is 0.316 e. The van der Waals surface area contributed by atoms with Crippen LogP contribution in [0.2, 0.25) is 0 Å². The van der Waals surface area contributed by atoms with Crippen LogP contribution in [0, 0.1) is 0 Å². The van der Waals surface area contributed by atoms with Crippen LogP contribution in [0.25, 0.3) is 0 Å². The summed E-state index contributed by atoms with van der Waals surface area (Å²) < 4.78 is 0. The molecule has 94 valence electrons. The zero-order valence-corrected chi connectivity index (χ0v) is 10.0. The fourth-order valence-corrected chi connectivity index (χ4v) is 1.07. The zero-order chi connectivity index (χ0) is 12.6. The number of carbonyl (C=O) groups excluding carboxylic acids is 1. The highest BCUT2D eigenvalue weighted by atomic mass is 16.4. The fourth-order valence-electron chi connectivity index (χ4n) is 1.07. The summed E-state index contributed by atoms with van der Waals surface area (Å²) in [6.45, 7) is 3.10. The number of nitrogens with zero attached hydrogens (tertiary/aromatic N) is 2. The van der Waals surface area contributed by atoms with Crippen molar-refractivity contribution in [2.75, 3.05) is 27.2 Å². The lowest BCUT2D eigenvalue weighted by atomic mass is 10.2. The largest absolute Gasteiger partial charge is 0.409 e. The molecule has 7 heteroatoms. The lowest BCUT2D eigenvalue weighted by molar-refractivity contribution is 0.217. The normalized spacial score (nSPS) is 13.3. The van der Waals surface area contributed by atoms with Gasteiger partial charge >= 0.3 is 6.03 Å². The number of oxime groups is 1. The molecule has 0 aliphatic rings. The Labute approximate surface area is 95.7 Å². The van der Waals surface area contributed by atoms with E-state index in [-0.39, 0.29) is 17.9 Å². The quantitative estimate of drug-likeness (QED) is 0.161. The highest BCUT2D eigenvalue weighted by Gasteiger charge is 2.05. The Morgan fingerprint density at radius 1 is 1.50 bits per heavy atom. The van der Waals surface area contributed by atoms with Gasteiger partial charge in [-0.1, -0.05) is 5.16 Å². The SMILES string of the molecule is CC(CC(N)=NO)NCCNC(=O)N(C)C. The van der Waals surface area contributed by atoms with Gasteiger partial charge < -0.3 is 26.5 Å². The van der Waals surface area contributed by atoms with E-state index in [0.29, 0.717) is 19.5 Å². The minimum atomic E-state index is -0.120. The summed E-state index contributed by atoms with van der Waals surface area (Å²) in [5.74, 6) is 0.192. The Hall–Kier alpha value is -1.50. The molecule has 0 aliphatic carbocycles. The summed E-state index contributed by atoms with van der Waals surface area (Å²) in [5, 5.41) is 17.1. The summed E-state index contributed by atoms with van der Waals surface area (Å²) in [6, 6.07) is -0.0157. The molecule has 0 spiro atoms. The van der Waals surface area contributed by atoms with Crippen molar-refractivity contribution in [3.8, 4) is 0 Å². The molecule has 0 fully saturated rings. The highest BCUT2D eigenvalue weighted by Crippen LogP contribution is 1.89. The third-order valence-electron chi connectivity index (χ3n) is 1.94. The highest BCUT2D eigenvalue weighted by molar-refractivity contribution is 5.80. The van der Waals surface area contributed by atoms with E-state index in [0.717, 1.165) is 0 Å². The molecule has 16 heavy (non-hydrogen) atoms. The number of nitrogens with two attached hydrogens (primary N) is 1. The van der Waals surface area contributed by atoms with Crippen molar-refractivity contribution in [3.63, 3.8) is 0 Å². The number of hydrogen-bond donors (Lipinski definition) is 4. The predicted octanol–water partition coefficient (Wildman–Crippen LogP) is -0.628. The Morgan fingerprint density at radius 3 is 2.62 bits per heavy atom. The minimum Gasteiger partial charge on any atom is -0.409 e. The molecule has 0 bridgehead atoms. The Kier molecular flexibility index (Phi) is 7.02. The number of urea groups is 1. The molecular weight excluding hydrogens is 210 g/mol. The molecule has 1 unspecified atom stereocenters. The minimum absolute atomic E-state index is 0.104. The van der Waals surface area contributed by atoms with Crippen LogP contribution in [0.3, 0.4) is 0 Å². The van der Waals surface area contributed by atoms with Gasteiger partial charge in [-0.3, -0.25) is 0 Å². The summed E-state index contributed by atoms with van der Waals surface area (Å²) in [5.41, 5.74) is 5.35. The van der Waals surface area contributed by atoms with Crippen LogP contribution < -0.4 is 16.4 Å². The lowest BCUT2D eigenvalue weighted by Gasteiger charge is -2.15. The average molecular weight is 231 g/mol. The van der Waals surface area contributed by atoms with E-state index >= 15 is 0 Å². The Morgan fingerprint density at radius 2 is 2.12 bits per heavy atom. The van der Waals surface area contributed by atoms with Gasteiger partial charge in [0, 0.05) is 39.6 Å². The molecule has 0 radical (unpaired) electrons. The van der Waals surface area contributed by atoms with Gasteiger partial charge in [0.05, 0.1) is 0 Å². The van der Waals surface area contributed by atoms with Crippen molar-refractivity contribution in [2.45, 2.75) is 19.4 Å². The van der Waals surface area contributed by atoms with Gasteiger partial charge in [-0.2, -0.15) is 0 Å². The number of amides is 2. The molecule has 0 aromatic heterocycles. The lowest BCUT2D eigenvalue weighted by Crippen LogP contribution is -2.41. The summed E-state index contributed by atoms with van der Waals surface area (Å²) in [7, 11) is 3.37. The predicted molar refractivity (Wildman–Crippen MR) is 62.6 cm³/mol. The smallest absolute Gasteiger partial charge is 0.316 e. The van der Waals surface area contributed by atoms with Gasteiger partial charge in [-0.05, 0) is 6.92 Å². The van der Waals surface area contributed by atoms with Gasteiger partial charge in [0.25, 0.3) is 0 Å². The standard InChI is InChI=1S/C9H21N5O2/c1-7(6-8(10)13-16)11-4-5-12-9(15)14(2)3/h7,11,16H,4-6H2,1-3H3,(H2,10,13)(H,12,15). The molecule has 0 rings (SSSR count). The van der Waals surface area contributed by atoms with Gasteiger partial charge in [0.1, 0.15) is 5.84 Å². The number of carbonyl (C=O) groups is 1. The van der Waals surface area contributed by atoms with E-state index in [1.54, 1.807) is 14.1 Å². The molecule has 0 heterocycles. The van der Waals surface area contributed by atoms with Gasteiger partial charge in [0.2, 0.25) is 0 Å². The number of hydrogen-bond acceptors (Lipinski definition) is 4. The van der Waals surface area contributed by atoms with Crippen LogP contribution in [0.4, 0.5) is 4.79 Å². The van der Waals surface area contributed by atoms with Crippen molar-refractivity contribution >= 4 is 11.9 Å². The first-order valence-corrected chi connectivity index (χ1v) is 5.12. The number of nitrogens with one attached hydrogen (secondary N) is 2. The second kappa shape index (κ2) is 7.75. The summed E-state index contributed by atoms with van der Waals surface area (Å²) in [4.78, 5) is 12.6. The first-order chi connectivity index (χ1) is 7.47. The fraction of sp³-hybridized carbons (Fsp3) is 0.778. The molecule has 0 saturated carbocycles. The van der Waals surface area contributed by atoms with Gasteiger partial charge in [0.15, 0.2) is 0 Å². The second-order valence-corrected chi connectivity index (χ2v) is 3.78. The van der Waals surface area contributed by atoms with Crippen molar-refractivity contribution in [1.82, 2.24) is 15.5 Å². The molecule has 0 saturated heterocycles. The van der Waals surface area contributed by atoms with E-state index < -0.39 is 0 Å². The van der Waals surface area contributed by atoms with E-state index in [1.165, 1.54) is 4.90 Å². The molecule has 0 aliphatic heterocycles. The summed E-state index contributed by atoms with van der Waals surface area (Å²) in [6.07, 6.45) is 0.470. The number of amidine groups is 1. The second-order valence-electron chi connectivity index (χ2n) is 3.78. The number of rotatable bonds is 6. The molecular formula is C9H21N5O2. The Bertz CT molecular complexity index is 242. The molecule has 0 aromatic rings. The maximum atomic E-state index is 11.1. The van der Waals surface area contributed by atoms with E-state index in [1.807, 2.05) is 6.92 Å². The maximum absolute atomic E-state index is 11.1. The van der Waals surface area contributed by atoms with E-state index in [9.17, 15) is 4.79 Å². The van der Waals surface area contributed by atoms with Crippen molar-refractivity contribution in [3.05, 3.63) is 0 Å². The van der Waals surface area contributed by atoms with Crippen molar-refractivity contribution < 1.29 is 10.0 Å². The van der Waals surface area contributed by atoms with Crippen molar-refractivity contribution in [1.29, 1.82) is 0 Å². The molecule has 1 atom stereocenters. The van der Waals surface area contributed by atoms with Gasteiger partial charge in [-0.25, -0.2) is 4.79 Å². The first-order valence-electron chi connectivity index (χ1n) is 5.12. The van der Waals surface area contributed by atoms with E-state index in [2.05, 4.69) is 15.8 Å². The first kappa shape index (κ1) is 14.5. The molecule has 2 amide bonds. The van der Waals surface area contributed by atoms with Gasteiger partial charge in [-0.15, -0.1) is 0 Å². The van der Waals surface area contributed by atoms with Crippen LogP contribution in [0.5, 0.6) is 0 Å². The third-order valence-corrected chi connectivity index (χ3v) is 1.94. The molecule has 5 N–H and O–H groups in total. The monoisotopic (exact) mass is 231 g/mol. The third kappa shape index (κ3) is 6.88. The molecule has 7 nitrogen and oxygen atoms in total. The average Bonchev–Trinajstić information content (AvgIpc) is 2.23. The van der Waals surface area contributed by atoms with Crippen LogP contribution in [-0.2, 0) is 0 Å². The van der Waals surface area contributed by atoms with Crippen molar-refractivity contribution in [2.24, 2.45) is 10.9 Å².